The lowest BCUT2D eigenvalue weighted by molar-refractivity contribution is -0.150. The highest BCUT2D eigenvalue weighted by Gasteiger charge is 2.54. The van der Waals surface area contributed by atoms with Crippen LogP contribution in [-0.4, -0.2) is 66.7 Å². The fourth-order valence-electron chi connectivity index (χ4n) is 2.91. The van der Waals surface area contributed by atoms with Crippen molar-refractivity contribution in [1.82, 2.24) is 25.4 Å². The number of thioether (sulfide) groups is 2. The Morgan fingerprint density at radius 2 is 2.17 bits per heavy atom. The second-order valence-corrected chi connectivity index (χ2v) is 8.21. The van der Waals surface area contributed by atoms with E-state index < -0.39 is 29.2 Å². The molecule has 2 aliphatic heterocycles. The molecule has 150 valence electrons. The lowest BCUT2D eigenvalue weighted by Gasteiger charge is -2.49. The normalized spacial score (nSPS) is 20.7. The maximum Gasteiger partial charge on any atom is 0.353 e. The predicted molar refractivity (Wildman–Crippen MR) is 104 cm³/mol. The van der Waals surface area contributed by atoms with Gasteiger partial charge in [0.05, 0.1) is 0 Å². The Kier molecular flexibility index (Phi) is 5.45. The standard InChI is InChI=1S/C17H15N5O5S2/c23-11(6-27-9-4-2-1-3-5-9)20-12-14(24)22-13(16(25)26)10(7-28-15(12)22)29-17-18-8-19-21-17/h1-5,8,12,15H,6-7H2,(H,20,23)(H,25,26)(H,18,19,21)/t12-,15-/m1/s1. The average molecular weight is 433 g/mol. The number of ether oxygens (including phenoxy) is 1. The highest BCUT2D eigenvalue weighted by atomic mass is 32.2. The van der Waals surface area contributed by atoms with Gasteiger partial charge in [0.1, 0.15) is 29.2 Å². The van der Waals surface area contributed by atoms with Gasteiger partial charge in [0.25, 0.3) is 11.8 Å². The summed E-state index contributed by atoms with van der Waals surface area (Å²) in [6.45, 7) is -0.237. The summed E-state index contributed by atoms with van der Waals surface area (Å²) < 4.78 is 5.38. The van der Waals surface area contributed by atoms with Gasteiger partial charge in [-0.3, -0.25) is 19.6 Å². The highest BCUT2D eigenvalue weighted by Crippen LogP contribution is 2.44. The number of hydrogen-bond acceptors (Lipinski definition) is 8. The van der Waals surface area contributed by atoms with Crippen molar-refractivity contribution in [3.63, 3.8) is 0 Å². The Morgan fingerprint density at radius 3 is 2.86 bits per heavy atom. The number of aromatic nitrogens is 3. The molecule has 0 bridgehead atoms. The molecule has 1 aromatic carbocycles. The maximum absolute atomic E-state index is 12.6. The smallest absolute Gasteiger partial charge is 0.353 e. The third-order valence-corrected chi connectivity index (χ3v) is 6.62. The number of para-hydroxylation sites is 1. The minimum Gasteiger partial charge on any atom is -0.484 e. The number of nitrogens with zero attached hydrogens (tertiary/aromatic N) is 3. The number of rotatable bonds is 7. The van der Waals surface area contributed by atoms with Gasteiger partial charge in [-0.05, 0) is 12.1 Å². The molecule has 2 atom stereocenters. The first kappa shape index (κ1) is 19.3. The zero-order chi connectivity index (χ0) is 20.4. The SMILES string of the molecule is O=C(COc1ccccc1)N[C@@H]1C(=O)N2C(C(=O)O)=C(Sc3ncn[nH]3)CS[C@H]12. The van der Waals surface area contributed by atoms with Crippen molar-refractivity contribution in [1.29, 1.82) is 0 Å². The molecule has 0 unspecified atom stereocenters. The van der Waals surface area contributed by atoms with E-state index in [1.165, 1.54) is 23.0 Å². The molecule has 2 aliphatic rings. The van der Waals surface area contributed by atoms with Gasteiger partial charge in [-0.15, -0.1) is 11.8 Å². The van der Waals surface area contributed by atoms with Crippen LogP contribution in [-0.2, 0) is 14.4 Å². The molecule has 1 saturated heterocycles. The lowest BCUT2D eigenvalue weighted by atomic mass is 10.1. The number of amides is 2. The summed E-state index contributed by atoms with van der Waals surface area (Å²) in [6.07, 6.45) is 1.32. The van der Waals surface area contributed by atoms with E-state index >= 15 is 0 Å². The second-order valence-electron chi connectivity index (χ2n) is 6.03. The summed E-state index contributed by atoms with van der Waals surface area (Å²) in [5.41, 5.74) is -0.0915. The van der Waals surface area contributed by atoms with Crippen molar-refractivity contribution in [2.75, 3.05) is 12.4 Å². The molecule has 29 heavy (non-hydrogen) atoms. The predicted octanol–water partition coefficient (Wildman–Crippen LogP) is 0.672. The van der Waals surface area contributed by atoms with Crippen LogP contribution < -0.4 is 10.1 Å². The number of H-pyrrole nitrogens is 1. The zero-order valence-electron chi connectivity index (χ0n) is 14.8. The third-order valence-electron chi connectivity index (χ3n) is 4.18. The van der Waals surface area contributed by atoms with Crippen LogP contribution in [0.4, 0.5) is 0 Å². The number of carbonyl (C=O) groups excluding carboxylic acids is 2. The molecule has 0 aliphatic carbocycles. The third kappa shape index (κ3) is 3.93. The number of carboxylic acid groups (broad SMARTS) is 1. The molecule has 3 N–H and O–H groups in total. The van der Waals surface area contributed by atoms with Crippen LogP contribution in [0.5, 0.6) is 5.75 Å². The van der Waals surface area contributed by atoms with Gasteiger partial charge in [-0.2, -0.15) is 5.10 Å². The van der Waals surface area contributed by atoms with Crippen LogP contribution in [0.1, 0.15) is 0 Å². The van der Waals surface area contributed by atoms with Crippen molar-refractivity contribution in [2.24, 2.45) is 0 Å². The monoisotopic (exact) mass is 433 g/mol. The number of aliphatic carboxylic acids is 1. The van der Waals surface area contributed by atoms with Gasteiger partial charge in [0.2, 0.25) is 0 Å². The maximum atomic E-state index is 12.6. The minimum absolute atomic E-state index is 0.0915. The number of β-lactam (4-membered cyclic amide) rings is 1. The molecule has 1 aromatic heterocycles. The van der Waals surface area contributed by atoms with E-state index in [9.17, 15) is 19.5 Å². The summed E-state index contributed by atoms with van der Waals surface area (Å²) in [5.74, 6) is -1.21. The molecule has 4 rings (SSSR count). The Hall–Kier alpha value is -2.99. The number of aromatic amines is 1. The number of benzene rings is 1. The fourth-order valence-corrected chi connectivity index (χ4v) is 5.26. The summed E-state index contributed by atoms with van der Waals surface area (Å²) in [6, 6.07) is 8.05. The van der Waals surface area contributed by atoms with Gasteiger partial charge in [0.15, 0.2) is 11.8 Å². The van der Waals surface area contributed by atoms with E-state index in [-0.39, 0.29) is 12.3 Å². The van der Waals surface area contributed by atoms with E-state index in [2.05, 4.69) is 20.5 Å². The van der Waals surface area contributed by atoms with Crippen molar-refractivity contribution in [3.8, 4) is 5.75 Å². The molecule has 12 heteroatoms. The van der Waals surface area contributed by atoms with Gasteiger partial charge < -0.3 is 15.2 Å². The average Bonchev–Trinajstić information content (AvgIpc) is 3.23. The highest BCUT2D eigenvalue weighted by molar-refractivity contribution is 8.06. The van der Waals surface area contributed by atoms with Gasteiger partial charge >= 0.3 is 5.97 Å². The molecule has 3 heterocycles. The molecule has 10 nitrogen and oxygen atoms in total. The first-order chi connectivity index (χ1) is 14.0. The van der Waals surface area contributed by atoms with E-state index in [0.29, 0.717) is 21.6 Å². The number of fused-ring (bicyclic) bond motifs is 1. The van der Waals surface area contributed by atoms with Crippen LogP contribution in [0.2, 0.25) is 0 Å². The van der Waals surface area contributed by atoms with Gasteiger partial charge in [0, 0.05) is 10.7 Å². The number of carboxylic acids is 1. The molecular weight excluding hydrogens is 418 g/mol. The summed E-state index contributed by atoms with van der Waals surface area (Å²) in [4.78, 5) is 42.2. The fraction of sp³-hybridized carbons (Fsp3) is 0.235. The first-order valence-electron chi connectivity index (χ1n) is 8.46. The number of nitrogens with one attached hydrogen (secondary N) is 2. The quantitative estimate of drug-likeness (QED) is 0.538. The molecule has 2 aromatic rings. The molecule has 0 spiro atoms. The van der Waals surface area contributed by atoms with Crippen LogP contribution in [0.25, 0.3) is 0 Å². The van der Waals surface area contributed by atoms with E-state index in [1.807, 2.05) is 6.07 Å². The van der Waals surface area contributed by atoms with Crippen LogP contribution >= 0.6 is 23.5 Å². The second kappa shape index (κ2) is 8.17. The molecule has 0 saturated carbocycles. The van der Waals surface area contributed by atoms with Gasteiger partial charge in [-0.1, -0.05) is 30.0 Å². The topological polar surface area (TPSA) is 138 Å². The number of hydrogen-bond donors (Lipinski definition) is 3. The summed E-state index contributed by atoms with van der Waals surface area (Å²) in [5, 5.41) is 18.6. The first-order valence-corrected chi connectivity index (χ1v) is 10.3. The van der Waals surface area contributed by atoms with Crippen molar-refractivity contribution in [3.05, 3.63) is 47.3 Å². The van der Waals surface area contributed by atoms with Crippen molar-refractivity contribution >= 4 is 41.3 Å². The van der Waals surface area contributed by atoms with E-state index in [4.69, 9.17) is 4.74 Å². The molecule has 1 fully saturated rings. The van der Waals surface area contributed by atoms with Crippen LogP contribution in [0.3, 0.4) is 0 Å². The largest absolute Gasteiger partial charge is 0.484 e. The van der Waals surface area contributed by atoms with Crippen molar-refractivity contribution < 1.29 is 24.2 Å². The lowest BCUT2D eigenvalue weighted by Crippen LogP contribution is -2.70. The summed E-state index contributed by atoms with van der Waals surface area (Å²) in [7, 11) is 0. The molecular formula is C17H15N5O5S2. The Balaban J connectivity index is 1.41. The summed E-state index contributed by atoms with van der Waals surface area (Å²) >= 11 is 2.50. The van der Waals surface area contributed by atoms with Crippen molar-refractivity contribution in [2.45, 2.75) is 16.6 Å². The van der Waals surface area contributed by atoms with E-state index in [1.54, 1.807) is 24.3 Å². The zero-order valence-corrected chi connectivity index (χ0v) is 16.4. The van der Waals surface area contributed by atoms with Crippen LogP contribution in [0.15, 0.2) is 52.4 Å². The Morgan fingerprint density at radius 1 is 1.38 bits per heavy atom. The Labute approximate surface area is 173 Å². The number of carbonyl (C=O) groups is 3. The Bertz CT molecular complexity index is 966. The minimum atomic E-state index is -1.21. The van der Waals surface area contributed by atoms with E-state index in [0.717, 1.165) is 11.8 Å². The molecule has 2 amide bonds. The molecule has 0 radical (unpaired) electrons. The van der Waals surface area contributed by atoms with Gasteiger partial charge in [-0.25, -0.2) is 9.78 Å². The van der Waals surface area contributed by atoms with Crippen LogP contribution in [0, 0.1) is 0 Å².